The molecule has 0 aliphatic carbocycles. The van der Waals surface area contributed by atoms with Gasteiger partial charge in [-0.3, -0.25) is 0 Å². The minimum atomic E-state index is -4.66. The van der Waals surface area contributed by atoms with Gasteiger partial charge in [0.25, 0.3) is 0 Å². The van der Waals surface area contributed by atoms with Gasteiger partial charge in [0.05, 0.1) is 37.3 Å². The number of anilines is 1. The van der Waals surface area contributed by atoms with E-state index in [9.17, 15) is 22.8 Å². The first-order valence-electron chi connectivity index (χ1n) is 9.17. The zero-order valence-electron chi connectivity index (χ0n) is 17.0. The maximum absolute atomic E-state index is 13.5. The second kappa shape index (κ2) is 9.46. The van der Waals surface area contributed by atoms with Crippen LogP contribution in [0.4, 0.5) is 18.9 Å². The molecule has 0 fully saturated rings. The quantitative estimate of drug-likeness (QED) is 0.606. The average Bonchev–Trinajstić information content (AvgIpc) is 3.20. The minimum absolute atomic E-state index is 0.00608. The van der Waals surface area contributed by atoms with Gasteiger partial charge in [0.15, 0.2) is 0 Å². The number of alkyl halides is 3. The zero-order chi connectivity index (χ0) is 23.3. The second-order valence-corrected chi connectivity index (χ2v) is 6.36. The summed E-state index contributed by atoms with van der Waals surface area (Å²) in [5.41, 5.74) is -1.68. The van der Waals surface area contributed by atoms with Crippen LogP contribution in [0.2, 0.25) is 0 Å². The molecule has 0 amide bonds. The fourth-order valence-corrected chi connectivity index (χ4v) is 2.90. The Morgan fingerprint density at radius 3 is 2.44 bits per heavy atom. The van der Waals surface area contributed by atoms with E-state index in [2.05, 4.69) is 0 Å². The van der Waals surface area contributed by atoms with Crippen LogP contribution in [-0.4, -0.2) is 26.2 Å². The van der Waals surface area contributed by atoms with Crippen LogP contribution in [-0.2, 0) is 31.8 Å². The lowest BCUT2D eigenvalue weighted by molar-refractivity contribution is -0.139. The Hall–Kier alpha value is -3.95. The molecule has 0 unspecified atom stereocenters. The number of allylic oxidation sites excluding steroid dienone is 2. The van der Waals surface area contributed by atoms with Crippen molar-refractivity contribution in [2.45, 2.75) is 12.8 Å². The Morgan fingerprint density at radius 2 is 1.81 bits per heavy atom. The summed E-state index contributed by atoms with van der Waals surface area (Å²) in [6, 6.07) is 6.05. The Morgan fingerprint density at radius 1 is 1.06 bits per heavy atom. The molecule has 0 radical (unpaired) electrons. The monoisotopic (exact) mass is 449 g/mol. The third-order valence-electron chi connectivity index (χ3n) is 4.39. The SMILES string of the molecule is COC(=O)C1=C(C(=O)OC)N(c2cc(C(F)(F)F)ccc2OCc2ccco2)C=CC=C1. The Kier molecular flexibility index (Phi) is 6.72. The van der Waals surface area contributed by atoms with E-state index in [0.29, 0.717) is 5.76 Å². The summed E-state index contributed by atoms with van der Waals surface area (Å²) in [5, 5.41) is 0. The third-order valence-corrected chi connectivity index (χ3v) is 4.39. The number of furan rings is 1. The topological polar surface area (TPSA) is 78.2 Å². The molecule has 0 bridgehead atoms. The molecule has 3 rings (SSSR count). The molecule has 0 atom stereocenters. The van der Waals surface area contributed by atoms with E-state index >= 15 is 0 Å². The van der Waals surface area contributed by atoms with Crippen LogP contribution in [0.15, 0.2) is 76.7 Å². The standard InChI is InChI=1S/C22H18F3NO6/c1-29-20(27)16-7-3-4-10-26(19(16)21(28)30-2)17-12-14(22(23,24)25)8-9-18(17)32-13-15-6-5-11-31-15/h3-12H,13H2,1-2H3. The Labute approximate surface area is 181 Å². The first-order valence-corrected chi connectivity index (χ1v) is 9.17. The second-order valence-electron chi connectivity index (χ2n) is 6.36. The molecule has 32 heavy (non-hydrogen) atoms. The number of hydrogen-bond acceptors (Lipinski definition) is 7. The molecular formula is C22H18F3NO6. The lowest BCUT2D eigenvalue weighted by Crippen LogP contribution is -2.27. The van der Waals surface area contributed by atoms with Crippen LogP contribution < -0.4 is 9.64 Å². The number of rotatable bonds is 6. The average molecular weight is 449 g/mol. The van der Waals surface area contributed by atoms with Crippen molar-refractivity contribution >= 4 is 17.6 Å². The van der Waals surface area contributed by atoms with E-state index in [-0.39, 0.29) is 29.3 Å². The molecule has 1 aromatic carbocycles. The number of methoxy groups -OCH3 is 2. The van der Waals surface area contributed by atoms with Gasteiger partial charge in [-0.15, -0.1) is 0 Å². The van der Waals surface area contributed by atoms with Crippen molar-refractivity contribution in [1.82, 2.24) is 0 Å². The number of ether oxygens (including phenoxy) is 3. The summed E-state index contributed by atoms with van der Waals surface area (Å²) >= 11 is 0. The van der Waals surface area contributed by atoms with Crippen LogP contribution >= 0.6 is 0 Å². The number of benzene rings is 1. The smallest absolute Gasteiger partial charge is 0.416 e. The normalized spacial score (nSPS) is 13.7. The summed E-state index contributed by atoms with van der Waals surface area (Å²) in [4.78, 5) is 26.0. The van der Waals surface area contributed by atoms with Gasteiger partial charge >= 0.3 is 18.1 Å². The Bertz CT molecular complexity index is 1080. The largest absolute Gasteiger partial charge is 0.483 e. The van der Waals surface area contributed by atoms with Crippen molar-refractivity contribution < 1.29 is 41.4 Å². The van der Waals surface area contributed by atoms with Crippen molar-refractivity contribution in [2.24, 2.45) is 0 Å². The van der Waals surface area contributed by atoms with E-state index < -0.39 is 23.7 Å². The van der Waals surface area contributed by atoms with E-state index in [0.717, 1.165) is 37.3 Å². The van der Waals surface area contributed by atoms with Crippen LogP contribution in [0.25, 0.3) is 0 Å². The van der Waals surface area contributed by atoms with Crippen LogP contribution in [0.5, 0.6) is 5.75 Å². The molecule has 1 aliphatic heterocycles. The zero-order valence-corrected chi connectivity index (χ0v) is 17.0. The van der Waals surface area contributed by atoms with Crippen molar-refractivity contribution in [2.75, 3.05) is 19.1 Å². The molecule has 1 aromatic heterocycles. The maximum Gasteiger partial charge on any atom is 0.416 e. The lowest BCUT2D eigenvalue weighted by Gasteiger charge is -2.26. The number of nitrogens with zero attached hydrogens (tertiary/aromatic N) is 1. The van der Waals surface area contributed by atoms with Crippen LogP contribution in [0.1, 0.15) is 11.3 Å². The van der Waals surface area contributed by atoms with Gasteiger partial charge in [-0.25, -0.2) is 9.59 Å². The molecule has 0 saturated heterocycles. The molecule has 2 heterocycles. The third kappa shape index (κ3) is 4.85. The van der Waals surface area contributed by atoms with Gasteiger partial charge in [-0.1, -0.05) is 6.08 Å². The molecular weight excluding hydrogens is 431 g/mol. The first-order chi connectivity index (χ1) is 15.3. The number of carbonyl (C=O) groups is 2. The summed E-state index contributed by atoms with van der Waals surface area (Å²) in [6.45, 7) is -0.0811. The lowest BCUT2D eigenvalue weighted by atomic mass is 10.1. The highest BCUT2D eigenvalue weighted by atomic mass is 19.4. The van der Waals surface area contributed by atoms with E-state index in [1.165, 1.54) is 30.7 Å². The highest BCUT2D eigenvalue weighted by molar-refractivity contribution is 6.05. The molecule has 0 N–H and O–H groups in total. The fraction of sp³-hybridized carbons (Fsp3) is 0.182. The van der Waals surface area contributed by atoms with Crippen molar-refractivity contribution in [3.63, 3.8) is 0 Å². The van der Waals surface area contributed by atoms with Gasteiger partial charge in [0.2, 0.25) is 0 Å². The van der Waals surface area contributed by atoms with Gasteiger partial charge in [0.1, 0.15) is 23.8 Å². The van der Waals surface area contributed by atoms with Crippen molar-refractivity contribution in [1.29, 1.82) is 0 Å². The molecule has 2 aromatic rings. The summed E-state index contributed by atoms with van der Waals surface area (Å²) in [5.74, 6) is -1.40. The van der Waals surface area contributed by atoms with Gasteiger partial charge in [0, 0.05) is 6.20 Å². The van der Waals surface area contributed by atoms with Gasteiger partial charge in [-0.2, -0.15) is 13.2 Å². The predicted molar refractivity (Wildman–Crippen MR) is 106 cm³/mol. The highest BCUT2D eigenvalue weighted by Crippen LogP contribution is 2.39. The molecule has 168 valence electrons. The summed E-state index contributed by atoms with van der Waals surface area (Å²) in [6.07, 6.45) is 2.25. The fourth-order valence-electron chi connectivity index (χ4n) is 2.90. The Balaban J connectivity index is 2.18. The molecule has 1 aliphatic rings. The number of hydrogen-bond donors (Lipinski definition) is 0. The first kappa shape index (κ1) is 22.7. The van der Waals surface area contributed by atoms with Gasteiger partial charge in [-0.05, 0) is 42.5 Å². The van der Waals surface area contributed by atoms with Crippen LogP contribution in [0, 0.1) is 0 Å². The summed E-state index contributed by atoms with van der Waals surface area (Å²) < 4.78 is 60.7. The molecule has 10 heteroatoms. The molecule has 7 nitrogen and oxygen atoms in total. The molecule has 0 spiro atoms. The van der Waals surface area contributed by atoms with Gasteiger partial charge < -0.3 is 23.5 Å². The van der Waals surface area contributed by atoms with E-state index in [4.69, 9.17) is 18.6 Å². The highest BCUT2D eigenvalue weighted by Gasteiger charge is 2.34. The summed E-state index contributed by atoms with van der Waals surface area (Å²) in [7, 11) is 2.20. The van der Waals surface area contributed by atoms with Crippen LogP contribution in [0.3, 0.4) is 0 Å². The number of esters is 2. The predicted octanol–water partition coefficient (Wildman–Crippen LogP) is 4.37. The number of halogens is 3. The maximum atomic E-state index is 13.5. The van der Waals surface area contributed by atoms with E-state index in [1.807, 2.05) is 0 Å². The van der Waals surface area contributed by atoms with Crippen molar-refractivity contribution in [3.05, 3.63) is 83.6 Å². The minimum Gasteiger partial charge on any atom is -0.483 e. The van der Waals surface area contributed by atoms with Crippen molar-refractivity contribution in [3.8, 4) is 5.75 Å². The molecule has 0 saturated carbocycles. The number of carbonyl (C=O) groups excluding carboxylic acids is 2. The van der Waals surface area contributed by atoms with E-state index in [1.54, 1.807) is 12.1 Å².